The van der Waals surface area contributed by atoms with Crippen LogP contribution in [0.1, 0.15) is 21.6 Å². The van der Waals surface area contributed by atoms with Crippen molar-refractivity contribution in [1.82, 2.24) is 9.88 Å². The van der Waals surface area contributed by atoms with Gasteiger partial charge in [0.05, 0.1) is 0 Å². The van der Waals surface area contributed by atoms with E-state index in [1.807, 2.05) is 50.2 Å². The average molecular weight is 285 g/mol. The van der Waals surface area contributed by atoms with Crippen LogP contribution in [-0.4, -0.2) is 29.9 Å². The summed E-state index contributed by atoms with van der Waals surface area (Å²) in [4.78, 5) is 17.8. The van der Waals surface area contributed by atoms with E-state index < -0.39 is 5.91 Å². The second-order valence-corrected chi connectivity index (χ2v) is 5.12. The number of aromatic nitrogens is 1. The number of hydrogen-bond acceptors (Lipinski definition) is 4. The van der Waals surface area contributed by atoms with Gasteiger partial charge in [0, 0.05) is 17.8 Å². The topological polar surface area (TPSA) is 68.5 Å². The van der Waals surface area contributed by atoms with E-state index in [-0.39, 0.29) is 11.4 Å². The molecular formula is C16H19N3O2. The number of carbonyl (C=O) groups is 1. The smallest absolute Gasteiger partial charge is 0.254 e. The van der Waals surface area contributed by atoms with Gasteiger partial charge in [-0.3, -0.25) is 4.79 Å². The number of primary amides is 1. The Morgan fingerprint density at radius 1 is 1.24 bits per heavy atom. The Hall–Kier alpha value is -2.40. The molecule has 5 heteroatoms. The fraction of sp³-hybridized carbons (Fsp3) is 0.250. The number of nitrogens with zero attached hydrogens (tertiary/aromatic N) is 2. The van der Waals surface area contributed by atoms with E-state index in [0.717, 1.165) is 17.8 Å². The number of para-hydroxylation sites is 1. The van der Waals surface area contributed by atoms with Crippen LogP contribution >= 0.6 is 0 Å². The molecular weight excluding hydrogens is 266 g/mol. The SMILES string of the molecule is Cc1ccc(C(N)=O)c(Oc2ccccc2CN(C)C)n1. The molecule has 0 aliphatic rings. The molecule has 0 spiro atoms. The number of nitrogens with two attached hydrogens (primary N) is 1. The molecule has 2 rings (SSSR count). The van der Waals surface area contributed by atoms with Crippen LogP contribution in [0.15, 0.2) is 36.4 Å². The second kappa shape index (κ2) is 6.37. The molecule has 0 bridgehead atoms. The van der Waals surface area contributed by atoms with Gasteiger partial charge in [-0.15, -0.1) is 0 Å². The molecule has 1 aromatic heterocycles. The molecule has 0 saturated carbocycles. The normalized spacial score (nSPS) is 10.7. The predicted molar refractivity (Wildman–Crippen MR) is 81.4 cm³/mol. The van der Waals surface area contributed by atoms with Crippen molar-refractivity contribution < 1.29 is 9.53 Å². The first-order valence-electron chi connectivity index (χ1n) is 6.65. The van der Waals surface area contributed by atoms with Crippen molar-refractivity contribution in [3.05, 3.63) is 53.2 Å². The Morgan fingerprint density at radius 2 is 1.95 bits per heavy atom. The lowest BCUT2D eigenvalue weighted by Gasteiger charge is -2.15. The summed E-state index contributed by atoms with van der Waals surface area (Å²) in [7, 11) is 3.97. The fourth-order valence-electron chi connectivity index (χ4n) is 1.98. The maximum absolute atomic E-state index is 11.5. The minimum absolute atomic E-state index is 0.244. The lowest BCUT2D eigenvalue weighted by atomic mass is 10.2. The zero-order valence-corrected chi connectivity index (χ0v) is 12.5. The van der Waals surface area contributed by atoms with Crippen LogP contribution in [0.25, 0.3) is 0 Å². The van der Waals surface area contributed by atoms with Crippen molar-refractivity contribution in [1.29, 1.82) is 0 Å². The van der Waals surface area contributed by atoms with Crippen LogP contribution in [0.2, 0.25) is 0 Å². The number of amides is 1. The van der Waals surface area contributed by atoms with Crippen LogP contribution < -0.4 is 10.5 Å². The second-order valence-electron chi connectivity index (χ2n) is 5.12. The molecule has 0 atom stereocenters. The molecule has 1 aromatic carbocycles. The van der Waals surface area contributed by atoms with Gasteiger partial charge in [0.25, 0.3) is 5.91 Å². The maximum Gasteiger partial charge on any atom is 0.254 e. The first-order valence-corrected chi connectivity index (χ1v) is 6.65. The molecule has 0 fully saturated rings. The number of carbonyl (C=O) groups excluding carboxylic acids is 1. The molecule has 21 heavy (non-hydrogen) atoms. The van der Waals surface area contributed by atoms with Gasteiger partial charge in [0.2, 0.25) is 5.88 Å². The maximum atomic E-state index is 11.5. The van der Waals surface area contributed by atoms with Crippen LogP contribution in [-0.2, 0) is 6.54 Å². The van der Waals surface area contributed by atoms with Gasteiger partial charge in [-0.2, -0.15) is 0 Å². The molecule has 110 valence electrons. The predicted octanol–water partition coefficient (Wildman–Crippen LogP) is 2.34. The van der Waals surface area contributed by atoms with E-state index in [1.54, 1.807) is 12.1 Å². The van der Waals surface area contributed by atoms with E-state index in [1.165, 1.54) is 0 Å². The van der Waals surface area contributed by atoms with Crippen molar-refractivity contribution in [3.8, 4) is 11.6 Å². The summed E-state index contributed by atoms with van der Waals surface area (Å²) in [6.45, 7) is 2.57. The molecule has 1 amide bonds. The lowest BCUT2D eigenvalue weighted by Crippen LogP contribution is -2.14. The standard InChI is InChI=1S/C16H19N3O2/c1-11-8-9-13(15(17)20)16(18-11)21-14-7-5-4-6-12(14)10-19(2)3/h4-9H,10H2,1-3H3,(H2,17,20). The highest BCUT2D eigenvalue weighted by Crippen LogP contribution is 2.27. The van der Waals surface area contributed by atoms with Crippen LogP contribution in [0, 0.1) is 6.92 Å². The summed E-state index contributed by atoms with van der Waals surface area (Å²) in [5.41, 5.74) is 7.43. The van der Waals surface area contributed by atoms with E-state index >= 15 is 0 Å². The Bertz CT molecular complexity index is 654. The van der Waals surface area contributed by atoms with Crippen LogP contribution in [0.5, 0.6) is 11.6 Å². The Kier molecular flexibility index (Phi) is 4.55. The van der Waals surface area contributed by atoms with Crippen molar-refractivity contribution in [2.24, 2.45) is 5.73 Å². The summed E-state index contributed by atoms with van der Waals surface area (Å²) in [6.07, 6.45) is 0. The summed E-state index contributed by atoms with van der Waals surface area (Å²) in [5, 5.41) is 0. The molecule has 0 radical (unpaired) electrons. The molecule has 0 unspecified atom stereocenters. The third kappa shape index (κ3) is 3.79. The zero-order valence-electron chi connectivity index (χ0n) is 12.5. The molecule has 0 aliphatic heterocycles. The van der Waals surface area contributed by atoms with Gasteiger partial charge in [0.15, 0.2) is 0 Å². The highest BCUT2D eigenvalue weighted by Gasteiger charge is 2.14. The number of hydrogen-bond donors (Lipinski definition) is 1. The molecule has 0 saturated heterocycles. The van der Waals surface area contributed by atoms with Gasteiger partial charge in [-0.25, -0.2) is 4.98 Å². The van der Waals surface area contributed by atoms with Gasteiger partial charge in [0.1, 0.15) is 11.3 Å². The first-order chi connectivity index (χ1) is 9.97. The number of ether oxygens (including phenoxy) is 1. The molecule has 2 N–H and O–H groups in total. The van der Waals surface area contributed by atoms with Crippen LogP contribution in [0.4, 0.5) is 0 Å². The van der Waals surface area contributed by atoms with Crippen molar-refractivity contribution in [3.63, 3.8) is 0 Å². The van der Waals surface area contributed by atoms with Gasteiger partial charge in [-0.05, 0) is 39.2 Å². The van der Waals surface area contributed by atoms with E-state index in [9.17, 15) is 4.79 Å². The molecule has 2 aromatic rings. The van der Waals surface area contributed by atoms with Crippen molar-refractivity contribution >= 4 is 5.91 Å². The number of pyridine rings is 1. The van der Waals surface area contributed by atoms with Crippen molar-refractivity contribution in [2.45, 2.75) is 13.5 Å². The number of rotatable bonds is 5. The minimum atomic E-state index is -0.553. The molecule has 5 nitrogen and oxygen atoms in total. The van der Waals surface area contributed by atoms with Gasteiger partial charge in [-0.1, -0.05) is 18.2 Å². The highest BCUT2D eigenvalue weighted by molar-refractivity contribution is 5.95. The summed E-state index contributed by atoms with van der Waals surface area (Å²) >= 11 is 0. The minimum Gasteiger partial charge on any atom is -0.438 e. The zero-order chi connectivity index (χ0) is 15.4. The molecule has 1 heterocycles. The van der Waals surface area contributed by atoms with Crippen LogP contribution in [0.3, 0.4) is 0 Å². The summed E-state index contributed by atoms with van der Waals surface area (Å²) < 4.78 is 5.85. The Labute approximate surface area is 124 Å². The first kappa shape index (κ1) is 15.0. The van der Waals surface area contributed by atoms with E-state index in [0.29, 0.717) is 5.75 Å². The van der Waals surface area contributed by atoms with Gasteiger partial charge < -0.3 is 15.4 Å². The fourth-order valence-corrected chi connectivity index (χ4v) is 1.98. The number of benzene rings is 1. The monoisotopic (exact) mass is 285 g/mol. The Balaban J connectivity index is 2.38. The lowest BCUT2D eigenvalue weighted by molar-refractivity contribution is 0.0997. The third-order valence-electron chi connectivity index (χ3n) is 2.93. The summed E-state index contributed by atoms with van der Waals surface area (Å²) in [6, 6.07) is 11.0. The van der Waals surface area contributed by atoms with E-state index in [4.69, 9.17) is 10.5 Å². The Morgan fingerprint density at radius 3 is 2.62 bits per heavy atom. The van der Waals surface area contributed by atoms with E-state index in [2.05, 4.69) is 4.98 Å². The molecule has 0 aliphatic carbocycles. The average Bonchev–Trinajstić information content (AvgIpc) is 2.40. The van der Waals surface area contributed by atoms with Gasteiger partial charge >= 0.3 is 0 Å². The van der Waals surface area contributed by atoms with Crippen molar-refractivity contribution in [2.75, 3.05) is 14.1 Å². The largest absolute Gasteiger partial charge is 0.438 e. The summed E-state index contributed by atoms with van der Waals surface area (Å²) in [5.74, 6) is 0.364. The quantitative estimate of drug-likeness (QED) is 0.915. The number of aryl methyl sites for hydroxylation is 1. The highest BCUT2D eigenvalue weighted by atomic mass is 16.5. The third-order valence-corrected chi connectivity index (χ3v) is 2.93.